The minimum Gasteiger partial charge on any atom is -0.506 e. The molecular weight excluding hydrogens is 672 g/mol. The van der Waals surface area contributed by atoms with Crippen LogP contribution in [0.4, 0.5) is 8.78 Å². The van der Waals surface area contributed by atoms with Crippen molar-refractivity contribution in [1.29, 1.82) is 0 Å². The Labute approximate surface area is 278 Å². The number of phenolic OH excluding ortho intramolecular Hbond substituents is 1. The lowest BCUT2D eigenvalue weighted by molar-refractivity contribution is 0.289. The minimum atomic E-state index is -0.685. The predicted molar refractivity (Wildman–Crippen MR) is 173 cm³/mol. The maximum absolute atomic E-state index is 14.5. The Morgan fingerprint density at radius 3 is 1.64 bits per heavy atom. The average molecular weight is 704 g/mol. The van der Waals surface area contributed by atoms with Gasteiger partial charge in [0, 0.05) is 37.3 Å². The van der Waals surface area contributed by atoms with Crippen LogP contribution in [0.25, 0.3) is 22.3 Å². The highest BCUT2D eigenvalue weighted by Gasteiger charge is 2.26. The van der Waals surface area contributed by atoms with E-state index in [0.29, 0.717) is 44.5 Å². The van der Waals surface area contributed by atoms with Crippen LogP contribution in [0.3, 0.4) is 0 Å². The van der Waals surface area contributed by atoms with E-state index in [1.807, 2.05) is 0 Å². The van der Waals surface area contributed by atoms with E-state index in [-0.39, 0.29) is 59.5 Å². The van der Waals surface area contributed by atoms with Crippen molar-refractivity contribution in [1.82, 2.24) is 18.7 Å². The second-order valence-electron chi connectivity index (χ2n) is 11.4. The molecule has 45 heavy (non-hydrogen) atoms. The number of rotatable bonds is 6. The summed E-state index contributed by atoms with van der Waals surface area (Å²) in [5.41, 5.74) is -0.288. The quantitative estimate of drug-likeness (QED) is 0.219. The average Bonchev–Trinajstić information content (AvgIpc) is 3.41. The van der Waals surface area contributed by atoms with Crippen LogP contribution in [0.1, 0.15) is 46.0 Å². The van der Waals surface area contributed by atoms with E-state index in [1.54, 1.807) is 14.0 Å². The number of ether oxygens (including phenoxy) is 1. The Morgan fingerprint density at radius 2 is 1.18 bits per heavy atom. The lowest BCUT2D eigenvalue weighted by Gasteiger charge is -2.17. The molecular formula is C31H32Cl4F2N4O4. The Bertz CT molecular complexity index is 1860. The molecule has 0 fully saturated rings. The summed E-state index contributed by atoms with van der Waals surface area (Å²) in [6, 6.07) is 4.77. The smallest absolute Gasteiger partial charge is 0.276 e. The zero-order valence-electron chi connectivity index (χ0n) is 24.7. The Morgan fingerprint density at radius 1 is 0.733 bits per heavy atom. The van der Waals surface area contributed by atoms with Gasteiger partial charge >= 0.3 is 0 Å². The van der Waals surface area contributed by atoms with E-state index in [4.69, 9.17) is 51.1 Å². The van der Waals surface area contributed by atoms with Crippen LogP contribution in [-0.4, -0.2) is 30.4 Å². The first-order valence-corrected chi connectivity index (χ1v) is 16.2. The standard InChI is InChI=1S/C18H21Cl2FN2O2.C13H11Cl2FN2O2/c1-11(2)5-8-25-15-9-12(14(21)10-13(15)19)16-17(20)22-6-3-4-7-23(22)18(16)24;14-8-6-9(16)7(5-10(8)19)11-12(15)17-3-1-2-4-18(17)13(11)20/h9-11H,3-8H2,1-2H3;5-6,19H,1-4H2. The fourth-order valence-corrected chi connectivity index (χ4v) is 6.54. The first-order valence-electron chi connectivity index (χ1n) is 14.7. The molecule has 2 aromatic carbocycles. The van der Waals surface area contributed by atoms with Gasteiger partial charge < -0.3 is 9.84 Å². The van der Waals surface area contributed by atoms with Crippen molar-refractivity contribution in [3.05, 3.63) is 77.0 Å². The molecule has 4 aromatic rings. The fraction of sp³-hybridized carbons (Fsp3) is 0.419. The summed E-state index contributed by atoms with van der Waals surface area (Å²) < 4.78 is 40.7. The van der Waals surface area contributed by atoms with Gasteiger partial charge in [-0.25, -0.2) is 18.1 Å². The molecule has 0 spiro atoms. The second-order valence-corrected chi connectivity index (χ2v) is 13.0. The molecule has 2 aromatic heterocycles. The van der Waals surface area contributed by atoms with Crippen molar-refractivity contribution in [3.8, 4) is 33.8 Å². The van der Waals surface area contributed by atoms with Crippen molar-refractivity contribution in [2.24, 2.45) is 5.92 Å². The molecule has 1 N–H and O–H groups in total. The van der Waals surface area contributed by atoms with Crippen LogP contribution >= 0.6 is 46.4 Å². The van der Waals surface area contributed by atoms with Crippen molar-refractivity contribution in [2.75, 3.05) is 6.61 Å². The predicted octanol–water partition coefficient (Wildman–Crippen LogP) is 8.24. The molecule has 0 radical (unpaired) electrons. The maximum Gasteiger partial charge on any atom is 0.276 e. The highest BCUT2D eigenvalue weighted by molar-refractivity contribution is 6.34. The van der Waals surface area contributed by atoms with Crippen molar-refractivity contribution in [3.63, 3.8) is 0 Å². The summed E-state index contributed by atoms with van der Waals surface area (Å²) in [5, 5.41) is 10.1. The number of benzene rings is 2. The summed E-state index contributed by atoms with van der Waals surface area (Å²) >= 11 is 24.3. The molecule has 242 valence electrons. The second kappa shape index (κ2) is 13.8. The molecule has 14 heteroatoms. The van der Waals surface area contributed by atoms with Gasteiger partial charge in [0.25, 0.3) is 11.1 Å². The van der Waals surface area contributed by atoms with Crippen LogP contribution in [0.2, 0.25) is 20.4 Å². The van der Waals surface area contributed by atoms with Gasteiger partial charge in [0.1, 0.15) is 33.4 Å². The number of aromatic hydroxyl groups is 1. The molecule has 0 unspecified atom stereocenters. The van der Waals surface area contributed by atoms with E-state index in [2.05, 4.69) is 13.8 Å². The molecule has 0 saturated carbocycles. The summed E-state index contributed by atoms with van der Waals surface area (Å²) in [6.07, 6.45) is 4.51. The zero-order chi connectivity index (χ0) is 32.6. The Balaban J connectivity index is 0.000000182. The van der Waals surface area contributed by atoms with E-state index in [9.17, 15) is 23.5 Å². The maximum atomic E-state index is 14.5. The zero-order valence-corrected chi connectivity index (χ0v) is 27.7. The van der Waals surface area contributed by atoms with E-state index in [0.717, 1.165) is 44.2 Å². The van der Waals surface area contributed by atoms with Gasteiger partial charge in [-0.3, -0.25) is 19.0 Å². The molecule has 2 aliphatic heterocycles. The molecule has 4 heterocycles. The van der Waals surface area contributed by atoms with Crippen molar-refractivity contribution >= 4 is 46.4 Å². The third kappa shape index (κ3) is 6.66. The molecule has 6 rings (SSSR count). The monoisotopic (exact) mass is 702 g/mol. The lowest BCUT2D eigenvalue weighted by Crippen LogP contribution is -2.27. The SMILES string of the molecule is CC(C)CCOc1cc(-c2c(Cl)n3n(c2=O)CCCC3)c(F)cc1Cl.O=c1c(-c2cc(O)c(Cl)cc2F)c(Cl)n2n1CCCC2. The van der Waals surface area contributed by atoms with E-state index < -0.39 is 11.6 Å². The summed E-state index contributed by atoms with van der Waals surface area (Å²) in [4.78, 5) is 25.1. The number of hydrogen-bond acceptors (Lipinski definition) is 4. The number of fused-ring (bicyclic) bond motifs is 2. The van der Waals surface area contributed by atoms with Gasteiger partial charge in [-0.2, -0.15) is 0 Å². The van der Waals surface area contributed by atoms with Crippen LogP contribution in [-0.2, 0) is 26.2 Å². The van der Waals surface area contributed by atoms with E-state index in [1.165, 1.54) is 16.8 Å². The van der Waals surface area contributed by atoms with Crippen molar-refractivity contribution < 1.29 is 18.6 Å². The fourth-order valence-electron chi connectivity index (χ4n) is 5.47. The summed E-state index contributed by atoms with van der Waals surface area (Å²) in [5.74, 6) is -0.703. The summed E-state index contributed by atoms with van der Waals surface area (Å²) in [6.45, 7) is 7.07. The van der Waals surface area contributed by atoms with E-state index >= 15 is 0 Å². The first-order chi connectivity index (χ1) is 21.4. The number of nitrogens with zero attached hydrogens (tertiary/aromatic N) is 4. The van der Waals surface area contributed by atoms with Crippen LogP contribution in [0, 0.1) is 17.6 Å². The van der Waals surface area contributed by atoms with Gasteiger partial charge in [0.05, 0.1) is 27.8 Å². The minimum absolute atomic E-state index is 0.0312. The number of halogens is 6. The van der Waals surface area contributed by atoms with Gasteiger partial charge in [-0.1, -0.05) is 60.3 Å². The van der Waals surface area contributed by atoms with Crippen LogP contribution in [0.15, 0.2) is 33.9 Å². The van der Waals surface area contributed by atoms with Crippen LogP contribution < -0.4 is 15.9 Å². The largest absolute Gasteiger partial charge is 0.506 e. The van der Waals surface area contributed by atoms with Gasteiger partial charge in [-0.15, -0.1) is 0 Å². The number of phenols is 1. The number of hydrogen-bond donors (Lipinski definition) is 1. The normalized spacial score (nSPS) is 14.2. The first kappa shape index (κ1) is 33.4. The highest BCUT2D eigenvalue weighted by Crippen LogP contribution is 2.37. The van der Waals surface area contributed by atoms with Gasteiger partial charge in [0.2, 0.25) is 0 Å². The lowest BCUT2D eigenvalue weighted by atomic mass is 10.1. The Hall–Kier alpha value is -2.92. The molecule has 8 nitrogen and oxygen atoms in total. The molecule has 2 aliphatic rings. The number of aromatic nitrogens is 4. The van der Waals surface area contributed by atoms with Gasteiger partial charge in [-0.05, 0) is 62.3 Å². The topological polar surface area (TPSA) is 83.3 Å². The van der Waals surface area contributed by atoms with Gasteiger partial charge in [0.15, 0.2) is 0 Å². The molecule has 0 amide bonds. The molecule has 0 aliphatic carbocycles. The molecule has 0 bridgehead atoms. The Kier molecular flexibility index (Phi) is 10.3. The molecule has 0 atom stereocenters. The molecule has 0 saturated heterocycles. The highest BCUT2D eigenvalue weighted by atomic mass is 35.5. The van der Waals surface area contributed by atoms with Crippen molar-refractivity contribution in [2.45, 2.75) is 72.1 Å². The summed E-state index contributed by atoms with van der Waals surface area (Å²) in [7, 11) is 0. The third-order valence-corrected chi connectivity index (χ3v) is 9.24. The third-order valence-electron chi connectivity index (χ3n) is 7.87. The van der Waals surface area contributed by atoms with Crippen LogP contribution in [0.5, 0.6) is 11.5 Å².